The van der Waals surface area contributed by atoms with Gasteiger partial charge in [0.2, 0.25) is 0 Å². The molecule has 0 aromatic heterocycles. The van der Waals surface area contributed by atoms with Crippen LogP contribution in [0.1, 0.15) is 5.56 Å². The molecular formula is C10H12FNO3. The van der Waals surface area contributed by atoms with E-state index in [0.29, 0.717) is 5.56 Å². The average molecular weight is 213 g/mol. The first-order valence-electron chi connectivity index (χ1n) is 4.35. The maximum absolute atomic E-state index is 12.5. The van der Waals surface area contributed by atoms with E-state index in [2.05, 4.69) is 0 Å². The topological polar surface area (TPSA) is 83.5 Å². The summed E-state index contributed by atoms with van der Waals surface area (Å²) in [4.78, 5) is 10.7. The van der Waals surface area contributed by atoms with Crippen molar-refractivity contribution in [2.75, 3.05) is 6.67 Å². The molecule has 0 amide bonds. The molecule has 0 aliphatic rings. The van der Waals surface area contributed by atoms with Crippen LogP contribution in [0.25, 0.3) is 0 Å². The number of halogens is 1. The maximum Gasteiger partial charge on any atom is 0.326 e. The lowest BCUT2D eigenvalue weighted by Gasteiger charge is -2.21. The number of carbonyl (C=O) groups is 1. The van der Waals surface area contributed by atoms with E-state index in [1.165, 1.54) is 12.1 Å². The van der Waals surface area contributed by atoms with E-state index in [0.717, 1.165) is 0 Å². The van der Waals surface area contributed by atoms with Gasteiger partial charge in [-0.15, -0.1) is 0 Å². The summed E-state index contributed by atoms with van der Waals surface area (Å²) in [7, 11) is 0. The fourth-order valence-electron chi connectivity index (χ4n) is 1.18. The van der Waals surface area contributed by atoms with Gasteiger partial charge in [-0.05, 0) is 11.6 Å². The van der Waals surface area contributed by atoms with Crippen LogP contribution in [-0.4, -0.2) is 28.4 Å². The summed E-state index contributed by atoms with van der Waals surface area (Å²) in [6, 6.07) is 6.12. The first-order valence-corrected chi connectivity index (χ1v) is 4.35. The first kappa shape index (κ1) is 11.5. The lowest BCUT2D eigenvalue weighted by atomic mass is 9.93. The van der Waals surface area contributed by atoms with E-state index in [1.54, 1.807) is 12.1 Å². The number of nitrogens with two attached hydrogens (primary N) is 1. The highest BCUT2D eigenvalue weighted by molar-refractivity contribution is 5.79. The summed E-state index contributed by atoms with van der Waals surface area (Å²) in [6.45, 7) is -1.18. The highest BCUT2D eigenvalue weighted by Gasteiger charge is 2.35. The van der Waals surface area contributed by atoms with Gasteiger partial charge in [-0.1, -0.05) is 18.2 Å². The number of aromatic hydroxyl groups is 1. The molecule has 1 unspecified atom stereocenters. The summed E-state index contributed by atoms with van der Waals surface area (Å²) in [5.41, 5.74) is 3.70. The number of phenols is 1. The van der Waals surface area contributed by atoms with Crippen LogP contribution in [0.4, 0.5) is 4.39 Å². The molecule has 0 heterocycles. The second kappa shape index (κ2) is 4.27. The van der Waals surface area contributed by atoms with Gasteiger partial charge in [-0.3, -0.25) is 4.79 Å². The number of hydrogen-bond acceptors (Lipinski definition) is 3. The van der Waals surface area contributed by atoms with E-state index >= 15 is 0 Å². The zero-order valence-electron chi connectivity index (χ0n) is 7.98. The molecule has 15 heavy (non-hydrogen) atoms. The van der Waals surface area contributed by atoms with Crippen molar-refractivity contribution in [3.05, 3.63) is 29.8 Å². The van der Waals surface area contributed by atoms with Gasteiger partial charge in [-0.25, -0.2) is 4.39 Å². The molecule has 1 aromatic carbocycles. The molecular weight excluding hydrogens is 201 g/mol. The molecule has 1 rings (SSSR count). The summed E-state index contributed by atoms with van der Waals surface area (Å²) >= 11 is 0. The molecule has 0 aliphatic carbocycles. The number of benzene rings is 1. The third-order valence-electron chi connectivity index (χ3n) is 2.16. The Hall–Kier alpha value is -1.62. The molecule has 4 nitrogen and oxygen atoms in total. The molecule has 0 saturated heterocycles. The van der Waals surface area contributed by atoms with Crippen molar-refractivity contribution >= 4 is 5.97 Å². The predicted octanol–water partition coefficient (Wildman–Crippen LogP) is 0.686. The van der Waals surface area contributed by atoms with Crippen molar-refractivity contribution in [1.82, 2.24) is 0 Å². The molecule has 4 N–H and O–H groups in total. The number of hydrogen-bond donors (Lipinski definition) is 3. The van der Waals surface area contributed by atoms with E-state index in [1.807, 2.05) is 0 Å². The summed E-state index contributed by atoms with van der Waals surface area (Å²) in [6.07, 6.45) is -0.245. The Balaban J connectivity index is 2.94. The van der Waals surface area contributed by atoms with Crippen molar-refractivity contribution in [2.45, 2.75) is 12.0 Å². The molecule has 0 fully saturated rings. The minimum atomic E-state index is -1.97. The first-order chi connectivity index (χ1) is 6.99. The summed E-state index contributed by atoms with van der Waals surface area (Å²) in [5, 5.41) is 18.1. The highest BCUT2D eigenvalue weighted by Crippen LogP contribution is 2.21. The second-order valence-corrected chi connectivity index (χ2v) is 3.40. The van der Waals surface area contributed by atoms with Crippen molar-refractivity contribution in [2.24, 2.45) is 5.73 Å². The number of aliphatic carboxylic acids is 1. The number of carboxylic acid groups (broad SMARTS) is 1. The van der Waals surface area contributed by atoms with Gasteiger partial charge in [-0.2, -0.15) is 0 Å². The van der Waals surface area contributed by atoms with Crippen molar-refractivity contribution in [1.29, 1.82) is 0 Å². The van der Waals surface area contributed by atoms with Crippen molar-refractivity contribution in [3.8, 4) is 5.75 Å². The predicted molar refractivity (Wildman–Crippen MR) is 52.3 cm³/mol. The Morgan fingerprint density at radius 1 is 1.47 bits per heavy atom. The van der Waals surface area contributed by atoms with Gasteiger partial charge in [0.1, 0.15) is 18.0 Å². The van der Waals surface area contributed by atoms with Gasteiger partial charge >= 0.3 is 5.97 Å². The molecule has 0 radical (unpaired) electrons. The zero-order chi connectivity index (χ0) is 11.5. The van der Waals surface area contributed by atoms with Crippen LogP contribution in [0.3, 0.4) is 0 Å². The third kappa shape index (κ3) is 2.44. The maximum atomic E-state index is 12.5. The minimum absolute atomic E-state index is 0.0815. The van der Waals surface area contributed by atoms with Gasteiger partial charge in [0.25, 0.3) is 0 Å². The van der Waals surface area contributed by atoms with Crippen molar-refractivity contribution in [3.63, 3.8) is 0 Å². The van der Waals surface area contributed by atoms with Gasteiger partial charge < -0.3 is 15.9 Å². The fraction of sp³-hybridized carbons (Fsp3) is 0.300. The number of para-hydroxylation sites is 1. The Bertz CT molecular complexity index is 369. The van der Waals surface area contributed by atoms with Crippen LogP contribution in [0, 0.1) is 0 Å². The van der Waals surface area contributed by atoms with Crippen LogP contribution in [-0.2, 0) is 11.2 Å². The van der Waals surface area contributed by atoms with Crippen LogP contribution in [0.2, 0.25) is 0 Å². The summed E-state index contributed by atoms with van der Waals surface area (Å²) < 4.78 is 12.5. The molecule has 0 spiro atoms. The number of carboxylic acids is 1. The van der Waals surface area contributed by atoms with E-state index in [9.17, 15) is 14.3 Å². The zero-order valence-corrected chi connectivity index (χ0v) is 7.98. The quantitative estimate of drug-likeness (QED) is 0.687. The van der Waals surface area contributed by atoms with Crippen LogP contribution < -0.4 is 5.73 Å². The molecule has 0 aliphatic heterocycles. The molecule has 0 saturated carbocycles. The van der Waals surface area contributed by atoms with Crippen molar-refractivity contribution < 1.29 is 19.4 Å². The van der Waals surface area contributed by atoms with Gasteiger partial charge in [0, 0.05) is 6.42 Å². The number of phenolic OH excluding ortho intramolecular Hbond substituents is 1. The molecule has 0 bridgehead atoms. The number of rotatable bonds is 4. The smallest absolute Gasteiger partial charge is 0.326 e. The van der Waals surface area contributed by atoms with Crippen LogP contribution in [0.15, 0.2) is 24.3 Å². The SMILES string of the molecule is NC(CF)(Cc1ccccc1O)C(=O)O. The van der Waals surface area contributed by atoms with Gasteiger partial charge in [0.15, 0.2) is 0 Å². The van der Waals surface area contributed by atoms with Crippen LogP contribution in [0.5, 0.6) is 5.75 Å². The monoisotopic (exact) mass is 213 g/mol. The Labute approximate surface area is 86.1 Å². The average Bonchev–Trinajstić information content (AvgIpc) is 2.21. The molecule has 1 atom stereocenters. The van der Waals surface area contributed by atoms with E-state index < -0.39 is 18.2 Å². The van der Waals surface area contributed by atoms with E-state index in [-0.39, 0.29) is 12.2 Å². The Morgan fingerprint density at radius 2 is 2.07 bits per heavy atom. The van der Waals surface area contributed by atoms with Gasteiger partial charge in [0.05, 0.1) is 0 Å². The highest BCUT2D eigenvalue weighted by atomic mass is 19.1. The largest absolute Gasteiger partial charge is 0.508 e. The van der Waals surface area contributed by atoms with Crippen LogP contribution >= 0.6 is 0 Å². The standard InChI is InChI=1S/C10H12FNO3/c11-6-10(12,9(14)15)5-7-3-1-2-4-8(7)13/h1-4,13H,5-6,12H2,(H,14,15). The molecule has 82 valence electrons. The molecule has 1 aromatic rings. The normalized spacial score (nSPS) is 14.5. The Kier molecular flexibility index (Phi) is 3.26. The molecule has 5 heteroatoms. The number of alkyl halides is 1. The lowest BCUT2D eigenvalue weighted by molar-refractivity contribution is -0.143. The fourth-order valence-corrected chi connectivity index (χ4v) is 1.18. The van der Waals surface area contributed by atoms with E-state index in [4.69, 9.17) is 10.8 Å². The minimum Gasteiger partial charge on any atom is -0.508 e. The summed E-state index contributed by atoms with van der Waals surface area (Å²) in [5.74, 6) is -1.50. The second-order valence-electron chi connectivity index (χ2n) is 3.40. The third-order valence-corrected chi connectivity index (χ3v) is 2.16. The lowest BCUT2D eigenvalue weighted by Crippen LogP contribution is -2.52. The Morgan fingerprint density at radius 3 is 2.53 bits per heavy atom.